The molecular weight excluding hydrogens is 124 g/mol. The van der Waals surface area contributed by atoms with E-state index in [1.165, 1.54) is 6.92 Å². The molecule has 0 radical (unpaired) electrons. The van der Waals surface area contributed by atoms with Crippen LogP contribution in [0.1, 0.15) is 13.3 Å². The van der Waals surface area contributed by atoms with Gasteiger partial charge < -0.3 is 15.0 Å². The lowest BCUT2D eigenvalue weighted by atomic mass is 10.1. The van der Waals surface area contributed by atoms with E-state index >= 15 is 0 Å². The number of aliphatic carboxylic acids is 2. The average molecular weight is 131 g/mol. The van der Waals surface area contributed by atoms with Crippen molar-refractivity contribution >= 4 is 11.9 Å². The van der Waals surface area contributed by atoms with Gasteiger partial charge in [0.2, 0.25) is 0 Å². The van der Waals surface area contributed by atoms with Crippen LogP contribution >= 0.6 is 0 Å². The summed E-state index contributed by atoms with van der Waals surface area (Å²) in [6.45, 7) is 1.30. The molecule has 0 aromatic rings. The molecule has 1 atom stereocenters. The van der Waals surface area contributed by atoms with Crippen molar-refractivity contribution in [2.45, 2.75) is 13.3 Å². The topological polar surface area (TPSA) is 77.4 Å². The van der Waals surface area contributed by atoms with Crippen molar-refractivity contribution in [1.29, 1.82) is 0 Å². The van der Waals surface area contributed by atoms with E-state index in [1.807, 2.05) is 0 Å². The fourth-order valence-electron chi connectivity index (χ4n) is 0.345. The monoisotopic (exact) mass is 131 g/mol. The molecule has 0 bridgehead atoms. The van der Waals surface area contributed by atoms with Crippen molar-refractivity contribution in [3.05, 3.63) is 0 Å². The lowest BCUT2D eigenvalue weighted by molar-refractivity contribution is -0.311. The highest BCUT2D eigenvalue weighted by Gasteiger charge is 2.06. The molecule has 0 aromatic carbocycles. The zero-order chi connectivity index (χ0) is 7.44. The van der Waals surface area contributed by atoms with E-state index in [2.05, 4.69) is 0 Å². The van der Waals surface area contributed by atoms with Crippen LogP contribution in [0.4, 0.5) is 0 Å². The van der Waals surface area contributed by atoms with Crippen LogP contribution in [-0.4, -0.2) is 17.0 Å². The van der Waals surface area contributed by atoms with Crippen LogP contribution in [0.3, 0.4) is 0 Å². The van der Waals surface area contributed by atoms with Gasteiger partial charge in [0, 0.05) is 11.9 Å². The maximum absolute atomic E-state index is 9.86. The second kappa shape index (κ2) is 3.06. The molecule has 4 heteroatoms. The van der Waals surface area contributed by atoms with E-state index in [9.17, 15) is 14.7 Å². The Labute approximate surface area is 52.1 Å². The van der Waals surface area contributed by atoms with Crippen molar-refractivity contribution in [2.24, 2.45) is 5.92 Å². The van der Waals surface area contributed by atoms with Crippen molar-refractivity contribution in [1.82, 2.24) is 0 Å². The normalized spacial score (nSPS) is 12.6. The predicted molar refractivity (Wildman–Crippen MR) is 26.4 cm³/mol. The van der Waals surface area contributed by atoms with Crippen molar-refractivity contribution in [3.63, 3.8) is 0 Å². The SMILES string of the molecule is CC(CC(=O)O)C(=O)[O-]. The Kier molecular flexibility index (Phi) is 2.70. The molecule has 0 amide bonds. The number of rotatable bonds is 3. The third kappa shape index (κ3) is 3.52. The second-order valence-electron chi connectivity index (χ2n) is 1.82. The number of carboxylic acid groups (broad SMARTS) is 2. The van der Waals surface area contributed by atoms with Gasteiger partial charge in [0.15, 0.2) is 0 Å². The van der Waals surface area contributed by atoms with Crippen molar-refractivity contribution in [2.75, 3.05) is 0 Å². The van der Waals surface area contributed by atoms with E-state index in [4.69, 9.17) is 5.11 Å². The Morgan fingerprint density at radius 1 is 1.67 bits per heavy atom. The van der Waals surface area contributed by atoms with Gasteiger partial charge in [-0.15, -0.1) is 0 Å². The molecule has 1 unspecified atom stereocenters. The fraction of sp³-hybridized carbons (Fsp3) is 0.600. The highest BCUT2D eigenvalue weighted by Crippen LogP contribution is 1.97. The summed E-state index contributed by atoms with van der Waals surface area (Å²) < 4.78 is 0. The van der Waals surface area contributed by atoms with E-state index in [1.54, 1.807) is 0 Å². The Bertz CT molecular complexity index is 129. The van der Waals surface area contributed by atoms with Crippen LogP contribution < -0.4 is 5.11 Å². The first-order valence-corrected chi connectivity index (χ1v) is 2.46. The molecule has 0 heterocycles. The third-order valence-corrected chi connectivity index (χ3v) is 0.883. The van der Waals surface area contributed by atoms with Gasteiger partial charge in [-0.05, 0) is 0 Å². The van der Waals surface area contributed by atoms with Gasteiger partial charge >= 0.3 is 5.97 Å². The van der Waals surface area contributed by atoms with E-state index in [-0.39, 0.29) is 6.42 Å². The molecule has 0 aliphatic heterocycles. The summed E-state index contributed by atoms with van der Waals surface area (Å²) in [5.74, 6) is -3.34. The molecule has 0 aliphatic rings. The van der Waals surface area contributed by atoms with Crippen molar-refractivity contribution in [3.8, 4) is 0 Å². The number of carboxylic acids is 2. The molecule has 0 aromatic heterocycles. The quantitative estimate of drug-likeness (QED) is 0.524. The fourth-order valence-corrected chi connectivity index (χ4v) is 0.345. The number of carbonyl (C=O) groups is 2. The Hall–Kier alpha value is -1.06. The van der Waals surface area contributed by atoms with Crippen molar-refractivity contribution < 1.29 is 19.8 Å². The van der Waals surface area contributed by atoms with Gasteiger partial charge in [-0.1, -0.05) is 6.92 Å². The number of hydrogen-bond donors (Lipinski definition) is 1. The van der Waals surface area contributed by atoms with E-state index in [0.29, 0.717) is 0 Å². The molecule has 0 aliphatic carbocycles. The molecule has 0 rings (SSSR count). The minimum absolute atomic E-state index is 0.373. The van der Waals surface area contributed by atoms with E-state index in [0.717, 1.165) is 0 Å². The Balaban J connectivity index is 3.63. The van der Waals surface area contributed by atoms with Crippen LogP contribution in [-0.2, 0) is 9.59 Å². The molecule has 0 saturated carbocycles. The van der Waals surface area contributed by atoms with Gasteiger partial charge in [-0.25, -0.2) is 0 Å². The smallest absolute Gasteiger partial charge is 0.303 e. The molecule has 0 fully saturated rings. The van der Waals surface area contributed by atoms with Crippen LogP contribution in [0.25, 0.3) is 0 Å². The lowest BCUT2D eigenvalue weighted by Gasteiger charge is -2.07. The van der Waals surface area contributed by atoms with Crippen LogP contribution in [0.5, 0.6) is 0 Å². The summed E-state index contributed by atoms with van der Waals surface area (Å²) in [7, 11) is 0. The predicted octanol–water partition coefficient (Wildman–Crippen LogP) is -1.15. The Morgan fingerprint density at radius 3 is 2.22 bits per heavy atom. The molecular formula is C5H7O4-. The molecule has 0 spiro atoms. The minimum atomic E-state index is -1.32. The number of carbonyl (C=O) groups excluding carboxylic acids is 1. The summed E-state index contributed by atoms with van der Waals surface area (Å²) in [4.78, 5) is 19.7. The first kappa shape index (κ1) is 7.94. The summed E-state index contributed by atoms with van der Waals surface area (Å²) in [6, 6.07) is 0. The summed E-state index contributed by atoms with van der Waals surface area (Å²) in [6.07, 6.45) is -0.373. The average Bonchev–Trinajstić information content (AvgIpc) is 1.63. The van der Waals surface area contributed by atoms with Gasteiger partial charge in [-0.2, -0.15) is 0 Å². The third-order valence-electron chi connectivity index (χ3n) is 0.883. The second-order valence-corrected chi connectivity index (χ2v) is 1.82. The first-order valence-electron chi connectivity index (χ1n) is 2.46. The minimum Gasteiger partial charge on any atom is -0.550 e. The zero-order valence-corrected chi connectivity index (χ0v) is 4.96. The molecule has 0 saturated heterocycles. The molecule has 1 N–H and O–H groups in total. The standard InChI is InChI=1S/C5H8O4/c1-3(5(8)9)2-4(6)7/h3H,2H2,1H3,(H,6,7)(H,8,9)/p-1. The maximum atomic E-state index is 9.86. The van der Waals surface area contributed by atoms with Crippen LogP contribution in [0.2, 0.25) is 0 Å². The summed E-state index contributed by atoms with van der Waals surface area (Å²) in [5, 5.41) is 17.9. The van der Waals surface area contributed by atoms with Gasteiger partial charge in [0.25, 0.3) is 0 Å². The van der Waals surface area contributed by atoms with Gasteiger partial charge in [0.1, 0.15) is 0 Å². The summed E-state index contributed by atoms with van der Waals surface area (Å²) >= 11 is 0. The largest absolute Gasteiger partial charge is 0.550 e. The molecule has 52 valence electrons. The van der Waals surface area contributed by atoms with E-state index < -0.39 is 17.9 Å². The molecule has 4 nitrogen and oxygen atoms in total. The number of hydrogen-bond acceptors (Lipinski definition) is 3. The Morgan fingerprint density at radius 2 is 2.11 bits per heavy atom. The van der Waals surface area contributed by atoms with Gasteiger partial charge in [0.05, 0.1) is 6.42 Å². The highest BCUT2D eigenvalue weighted by molar-refractivity contribution is 5.76. The highest BCUT2D eigenvalue weighted by atomic mass is 16.4. The zero-order valence-electron chi connectivity index (χ0n) is 4.96. The van der Waals surface area contributed by atoms with Crippen LogP contribution in [0.15, 0.2) is 0 Å². The first-order chi connectivity index (χ1) is 4.04. The maximum Gasteiger partial charge on any atom is 0.303 e. The summed E-state index contributed by atoms with van der Waals surface area (Å²) in [5.41, 5.74) is 0. The van der Waals surface area contributed by atoms with Gasteiger partial charge in [-0.3, -0.25) is 4.79 Å². The molecule has 9 heavy (non-hydrogen) atoms. The lowest BCUT2D eigenvalue weighted by Crippen LogP contribution is -2.30. The van der Waals surface area contributed by atoms with Crippen LogP contribution in [0, 0.1) is 5.92 Å².